The molecule has 0 aliphatic heterocycles. The molecule has 0 N–H and O–H groups in total. The molecule has 0 aliphatic carbocycles. The maximum atomic E-state index is 10.2. The van der Waals surface area contributed by atoms with Crippen LogP contribution in [0.5, 0.6) is 0 Å². The summed E-state index contributed by atoms with van der Waals surface area (Å²) in [6.07, 6.45) is 5.90. The molecule has 0 rings (SSSR count). The average molecular weight is 170 g/mol. The van der Waals surface area contributed by atoms with Gasteiger partial charge in [-0.15, -0.1) is 0 Å². The summed E-state index contributed by atoms with van der Waals surface area (Å²) in [7, 11) is 0. The Balaban J connectivity index is 3.15. The number of ether oxygens (including phenoxy) is 1. The van der Waals surface area contributed by atoms with E-state index in [9.17, 15) is 4.79 Å². The third kappa shape index (κ3) is 7.48. The summed E-state index contributed by atoms with van der Waals surface area (Å²) in [5.74, 6) is 0. The Morgan fingerprint density at radius 3 is 2.75 bits per heavy atom. The van der Waals surface area contributed by atoms with Gasteiger partial charge in [0, 0.05) is 6.61 Å². The molecular weight excluding hydrogens is 152 g/mol. The molecule has 0 fully saturated rings. The molecule has 12 heavy (non-hydrogen) atoms. The first-order valence-corrected chi connectivity index (χ1v) is 4.51. The van der Waals surface area contributed by atoms with Crippen molar-refractivity contribution in [3.05, 3.63) is 11.6 Å². The van der Waals surface area contributed by atoms with E-state index in [1.54, 1.807) is 6.92 Å². The SMILES string of the molecule is CCCCOCC/C=C(\C)C=O. The largest absolute Gasteiger partial charge is 0.381 e. The van der Waals surface area contributed by atoms with Crippen LogP contribution in [0.25, 0.3) is 0 Å². The van der Waals surface area contributed by atoms with Crippen molar-refractivity contribution in [1.82, 2.24) is 0 Å². The molecule has 0 bridgehead atoms. The number of carbonyl (C=O) groups excluding carboxylic acids is 1. The number of unbranched alkanes of at least 4 members (excludes halogenated alkanes) is 1. The van der Waals surface area contributed by atoms with Crippen molar-refractivity contribution in [3.63, 3.8) is 0 Å². The van der Waals surface area contributed by atoms with E-state index in [0.717, 1.165) is 37.9 Å². The average Bonchev–Trinajstić information content (AvgIpc) is 2.10. The summed E-state index contributed by atoms with van der Waals surface area (Å²) < 4.78 is 5.31. The molecule has 0 radical (unpaired) electrons. The molecule has 0 amide bonds. The summed E-state index contributed by atoms with van der Waals surface area (Å²) in [5.41, 5.74) is 0.786. The second-order valence-corrected chi connectivity index (χ2v) is 2.82. The highest BCUT2D eigenvalue weighted by molar-refractivity contribution is 5.71. The zero-order chi connectivity index (χ0) is 9.23. The molecule has 70 valence electrons. The summed E-state index contributed by atoms with van der Waals surface area (Å²) in [6.45, 7) is 5.51. The lowest BCUT2D eigenvalue weighted by Gasteiger charge is -1.99. The standard InChI is InChI=1S/C10H18O2/c1-3-4-7-12-8-5-6-10(2)9-11/h6,9H,3-5,7-8H2,1-2H3/b10-6+. The number of carbonyl (C=O) groups is 1. The van der Waals surface area contributed by atoms with Crippen molar-refractivity contribution in [2.75, 3.05) is 13.2 Å². The van der Waals surface area contributed by atoms with E-state index in [1.807, 2.05) is 6.08 Å². The second kappa shape index (κ2) is 8.47. The lowest BCUT2D eigenvalue weighted by molar-refractivity contribution is -0.104. The van der Waals surface area contributed by atoms with Crippen LogP contribution in [0, 0.1) is 0 Å². The van der Waals surface area contributed by atoms with Crippen LogP contribution in [0.1, 0.15) is 33.1 Å². The molecule has 0 aromatic rings. The minimum Gasteiger partial charge on any atom is -0.381 e. The molecule has 0 aromatic heterocycles. The normalized spacial score (nSPS) is 11.7. The smallest absolute Gasteiger partial charge is 0.145 e. The lowest BCUT2D eigenvalue weighted by atomic mass is 10.3. The second-order valence-electron chi connectivity index (χ2n) is 2.82. The van der Waals surface area contributed by atoms with E-state index in [1.165, 1.54) is 6.42 Å². The van der Waals surface area contributed by atoms with Crippen LogP contribution in [-0.4, -0.2) is 19.5 Å². The fraction of sp³-hybridized carbons (Fsp3) is 0.700. The molecule has 0 spiro atoms. The van der Waals surface area contributed by atoms with Crippen LogP contribution >= 0.6 is 0 Å². The van der Waals surface area contributed by atoms with Gasteiger partial charge in [-0.05, 0) is 25.3 Å². The molecule has 0 aliphatic rings. The van der Waals surface area contributed by atoms with E-state index in [2.05, 4.69) is 6.92 Å². The van der Waals surface area contributed by atoms with Gasteiger partial charge in [-0.2, -0.15) is 0 Å². The predicted octanol–water partition coefficient (Wildman–Crippen LogP) is 2.34. The van der Waals surface area contributed by atoms with Gasteiger partial charge in [0.05, 0.1) is 6.61 Å². The van der Waals surface area contributed by atoms with Crippen LogP contribution < -0.4 is 0 Å². The Kier molecular flexibility index (Phi) is 8.02. The number of hydrogen-bond donors (Lipinski definition) is 0. The van der Waals surface area contributed by atoms with Gasteiger partial charge >= 0.3 is 0 Å². The van der Waals surface area contributed by atoms with Gasteiger partial charge < -0.3 is 4.74 Å². The van der Waals surface area contributed by atoms with E-state index in [0.29, 0.717) is 0 Å². The Hall–Kier alpha value is -0.630. The molecule has 2 nitrogen and oxygen atoms in total. The Bertz CT molecular complexity index is 139. The zero-order valence-corrected chi connectivity index (χ0v) is 8.01. The molecule has 0 aromatic carbocycles. The summed E-state index contributed by atoms with van der Waals surface area (Å²) in [4.78, 5) is 10.2. The Morgan fingerprint density at radius 2 is 2.17 bits per heavy atom. The Morgan fingerprint density at radius 1 is 1.42 bits per heavy atom. The highest BCUT2D eigenvalue weighted by Gasteiger charge is 1.87. The van der Waals surface area contributed by atoms with Gasteiger partial charge in [0.25, 0.3) is 0 Å². The van der Waals surface area contributed by atoms with E-state index < -0.39 is 0 Å². The van der Waals surface area contributed by atoms with Gasteiger partial charge in [0.15, 0.2) is 0 Å². The fourth-order valence-electron chi connectivity index (χ4n) is 0.767. The zero-order valence-electron chi connectivity index (χ0n) is 8.01. The van der Waals surface area contributed by atoms with Crippen LogP contribution in [0.4, 0.5) is 0 Å². The van der Waals surface area contributed by atoms with E-state index >= 15 is 0 Å². The maximum absolute atomic E-state index is 10.2. The van der Waals surface area contributed by atoms with Crippen LogP contribution in [-0.2, 0) is 9.53 Å². The first-order chi connectivity index (χ1) is 5.81. The fourth-order valence-corrected chi connectivity index (χ4v) is 0.767. The number of allylic oxidation sites excluding steroid dienone is 1. The molecule has 0 atom stereocenters. The Labute approximate surface area is 74.6 Å². The first-order valence-electron chi connectivity index (χ1n) is 4.51. The van der Waals surface area contributed by atoms with Crippen molar-refractivity contribution >= 4 is 6.29 Å². The third-order valence-electron chi connectivity index (χ3n) is 1.56. The van der Waals surface area contributed by atoms with E-state index in [4.69, 9.17) is 4.74 Å². The highest BCUT2D eigenvalue weighted by Crippen LogP contribution is 1.93. The minimum atomic E-state index is 0.727. The monoisotopic (exact) mass is 170 g/mol. The lowest BCUT2D eigenvalue weighted by Crippen LogP contribution is -1.95. The molecule has 2 heteroatoms. The van der Waals surface area contributed by atoms with Crippen LogP contribution in [0.2, 0.25) is 0 Å². The first kappa shape index (κ1) is 11.4. The van der Waals surface area contributed by atoms with Gasteiger partial charge in [-0.1, -0.05) is 19.4 Å². The van der Waals surface area contributed by atoms with Crippen LogP contribution in [0.3, 0.4) is 0 Å². The van der Waals surface area contributed by atoms with Crippen molar-refractivity contribution in [2.24, 2.45) is 0 Å². The summed E-state index contributed by atoms with van der Waals surface area (Å²) in [6, 6.07) is 0. The summed E-state index contributed by atoms with van der Waals surface area (Å²) >= 11 is 0. The highest BCUT2D eigenvalue weighted by atomic mass is 16.5. The predicted molar refractivity (Wildman–Crippen MR) is 50.2 cm³/mol. The van der Waals surface area contributed by atoms with Gasteiger partial charge in [0.1, 0.15) is 6.29 Å². The molecule has 0 heterocycles. The molecule has 0 unspecified atom stereocenters. The molecular formula is C10H18O2. The van der Waals surface area contributed by atoms with Crippen molar-refractivity contribution in [2.45, 2.75) is 33.1 Å². The molecule has 0 saturated carbocycles. The van der Waals surface area contributed by atoms with Crippen LogP contribution in [0.15, 0.2) is 11.6 Å². The summed E-state index contributed by atoms with van der Waals surface area (Å²) in [5, 5.41) is 0. The maximum Gasteiger partial charge on any atom is 0.145 e. The van der Waals surface area contributed by atoms with Crippen molar-refractivity contribution in [1.29, 1.82) is 0 Å². The van der Waals surface area contributed by atoms with Gasteiger partial charge in [-0.25, -0.2) is 0 Å². The molecule has 0 saturated heterocycles. The minimum absolute atomic E-state index is 0.727. The van der Waals surface area contributed by atoms with Gasteiger partial charge in [-0.3, -0.25) is 4.79 Å². The topological polar surface area (TPSA) is 26.3 Å². The number of hydrogen-bond acceptors (Lipinski definition) is 2. The number of rotatable bonds is 7. The van der Waals surface area contributed by atoms with Gasteiger partial charge in [0.2, 0.25) is 0 Å². The van der Waals surface area contributed by atoms with Crippen molar-refractivity contribution < 1.29 is 9.53 Å². The quantitative estimate of drug-likeness (QED) is 0.333. The number of aldehydes is 1. The van der Waals surface area contributed by atoms with Crippen molar-refractivity contribution in [3.8, 4) is 0 Å². The van der Waals surface area contributed by atoms with E-state index in [-0.39, 0.29) is 0 Å². The third-order valence-corrected chi connectivity index (χ3v) is 1.56.